The molecule has 0 heterocycles. The van der Waals surface area contributed by atoms with Gasteiger partial charge >= 0.3 is 0 Å². The normalized spacial score (nSPS) is 27.0. The molecule has 0 bridgehead atoms. The smallest absolute Gasteiger partial charge is 0.239 e. The minimum absolute atomic E-state index is 0.0818. The van der Waals surface area contributed by atoms with Crippen LogP contribution in [0.15, 0.2) is 0 Å². The molecule has 2 amide bonds. The van der Waals surface area contributed by atoms with E-state index in [2.05, 4.69) is 10.6 Å². The average Bonchev–Trinajstić information content (AvgIpc) is 2.52. The van der Waals surface area contributed by atoms with Crippen molar-refractivity contribution in [2.24, 2.45) is 5.41 Å². The van der Waals surface area contributed by atoms with E-state index in [1.807, 2.05) is 6.92 Å². The Morgan fingerprint density at radius 1 is 1.14 bits per heavy atom. The van der Waals surface area contributed by atoms with Crippen LogP contribution in [0.4, 0.5) is 0 Å². The zero-order chi connectivity index (χ0) is 15.3. The van der Waals surface area contributed by atoms with Crippen molar-refractivity contribution in [3.63, 3.8) is 0 Å². The predicted molar refractivity (Wildman–Crippen MR) is 80.8 cm³/mol. The lowest BCUT2D eigenvalue weighted by atomic mass is 9.55. The second kappa shape index (κ2) is 7.25. The number of carbonyl (C=O) groups excluding carboxylic acids is 2. The zero-order valence-corrected chi connectivity index (χ0v) is 13.2. The van der Waals surface area contributed by atoms with E-state index in [1.165, 1.54) is 19.3 Å². The lowest BCUT2D eigenvalue weighted by Gasteiger charge is -2.57. The van der Waals surface area contributed by atoms with Crippen molar-refractivity contribution in [3.05, 3.63) is 0 Å². The number of hydrogen-bond donors (Lipinski definition) is 2. The fraction of sp³-hybridized carbons (Fsp3) is 0.875. The highest BCUT2D eigenvalue weighted by Gasteiger charge is 2.55. The van der Waals surface area contributed by atoms with Crippen LogP contribution in [-0.2, 0) is 14.3 Å². The molecule has 0 unspecified atom stereocenters. The van der Waals surface area contributed by atoms with Crippen LogP contribution >= 0.6 is 0 Å². The number of carbonyl (C=O) groups is 2. The summed E-state index contributed by atoms with van der Waals surface area (Å²) in [5.41, 5.74) is 0.138. The van der Waals surface area contributed by atoms with Crippen molar-refractivity contribution in [3.8, 4) is 0 Å². The number of amides is 2. The van der Waals surface area contributed by atoms with Gasteiger partial charge in [0, 0.05) is 24.5 Å². The Hall–Kier alpha value is -1.10. The van der Waals surface area contributed by atoms with Crippen LogP contribution in [0.1, 0.15) is 58.8 Å². The van der Waals surface area contributed by atoms with Crippen molar-refractivity contribution in [1.82, 2.24) is 10.6 Å². The van der Waals surface area contributed by atoms with Gasteiger partial charge < -0.3 is 15.4 Å². The summed E-state index contributed by atoms with van der Waals surface area (Å²) in [4.78, 5) is 23.2. The predicted octanol–water partition coefficient (Wildman–Crippen LogP) is 1.76. The molecule has 0 saturated heterocycles. The number of nitrogens with one attached hydrogen (secondary N) is 2. The first-order valence-electron chi connectivity index (χ1n) is 8.30. The molecule has 2 fully saturated rings. The highest BCUT2D eigenvalue weighted by molar-refractivity contribution is 5.84. The first-order valence-corrected chi connectivity index (χ1v) is 8.30. The third-order valence-electron chi connectivity index (χ3n) is 5.04. The largest absolute Gasteiger partial charge is 0.378 e. The molecule has 0 radical (unpaired) electrons. The summed E-state index contributed by atoms with van der Waals surface area (Å²) >= 11 is 0. The van der Waals surface area contributed by atoms with Crippen LogP contribution in [0.2, 0.25) is 0 Å². The maximum absolute atomic E-state index is 12.0. The zero-order valence-electron chi connectivity index (χ0n) is 13.2. The van der Waals surface area contributed by atoms with E-state index in [4.69, 9.17) is 4.74 Å². The molecule has 2 atom stereocenters. The molecule has 0 aromatic heterocycles. The average molecular weight is 296 g/mol. The molecule has 5 heteroatoms. The summed E-state index contributed by atoms with van der Waals surface area (Å²) < 4.78 is 5.88. The molecule has 2 N–H and O–H groups in total. The summed E-state index contributed by atoms with van der Waals surface area (Å²) in [6.45, 7) is 4.63. The molecule has 1 spiro atoms. The molecule has 2 aliphatic rings. The molecular formula is C16H28N2O3. The van der Waals surface area contributed by atoms with E-state index in [1.54, 1.807) is 6.92 Å². The van der Waals surface area contributed by atoms with Gasteiger partial charge in [-0.05, 0) is 26.2 Å². The second-order valence-electron chi connectivity index (χ2n) is 6.22. The van der Waals surface area contributed by atoms with Crippen molar-refractivity contribution in [2.75, 3.05) is 13.2 Å². The molecule has 0 aliphatic heterocycles. The standard InChI is InChI=1S/C16H28N2O3/c1-3-14(19)17-11-15(20)18-12-10-13(21-4-2)16(12)8-6-5-7-9-16/h12-13H,3-11H2,1-2H3,(H,17,19)(H,18,20)/t12-,13-/m1/s1. The van der Waals surface area contributed by atoms with E-state index in [9.17, 15) is 9.59 Å². The van der Waals surface area contributed by atoms with E-state index in [0.717, 1.165) is 25.9 Å². The molecule has 21 heavy (non-hydrogen) atoms. The first kappa shape index (κ1) is 16.3. The van der Waals surface area contributed by atoms with Gasteiger partial charge in [0.05, 0.1) is 12.6 Å². The lowest BCUT2D eigenvalue weighted by molar-refractivity contribution is -0.156. The molecule has 2 rings (SSSR count). The van der Waals surface area contributed by atoms with Gasteiger partial charge in [-0.15, -0.1) is 0 Å². The summed E-state index contributed by atoms with van der Waals surface area (Å²) in [7, 11) is 0. The molecule has 0 aromatic rings. The maximum Gasteiger partial charge on any atom is 0.239 e. The van der Waals surface area contributed by atoms with Crippen molar-refractivity contribution >= 4 is 11.8 Å². The molecule has 2 saturated carbocycles. The third-order valence-corrected chi connectivity index (χ3v) is 5.04. The molecular weight excluding hydrogens is 268 g/mol. The van der Waals surface area contributed by atoms with Crippen LogP contribution in [0.3, 0.4) is 0 Å². The van der Waals surface area contributed by atoms with E-state index in [0.29, 0.717) is 12.5 Å². The van der Waals surface area contributed by atoms with Gasteiger partial charge in [-0.2, -0.15) is 0 Å². The van der Waals surface area contributed by atoms with Crippen LogP contribution in [0.5, 0.6) is 0 Å². The number of hydrogen-bond acceptors (Lipinski definition) is 3. The fourth-order valence-corrected chi connectivity index (χ4v) is 3.81. The van der Waals surface area contributed by atoms with Gasteiger partial charge in [-0.25, -0.2) is 0 Å². The minimum atomic E-state index is -0.0849. The van der Waals surface area contributed by atoms with Gasteiger partial charge in [0.15, 0.2) is 0 Å². The van der Waals surface area contributed by atoms with Gasteiger partial charge in [0.25, 0.3) is 0 Å². The van der Waals surface area contributed by atoms with Gasteiger partial charge in [0.2, 0.25) is 11.8 Å². The molecule has 120 valence electrons. The number of ether oxygens (including phenoxy) is 1. The summed E-state index contributed by atoms with van der Waals surface area (Å²) in [5.74, 6) is -0.167. The van der Waals surface area contributed by atoms with Crippen LogP contribution in [-0.4, -0.2) is 37.1 Å². The van der Waals surface area contributed by atoms with Gasteiger partial charge in [-0.3, -0.25) is 9.59 Å². The molecule has 5 nitrogen and oxygen atoms in total. The van der Waals surface area contributed by atoms with E-state index in [-0.39, 0.29) is 29.8 Å². The summed E-state index contributed by atoms with van der Waals surface area (Å²) in [6.07, 6.45) is 7.62. The second-order valence-corrected chi connectivity index (χ2v) is 6.22. The first-order chi connectivity index (χ1) is 10.1. The van der Waals surface area contributed by atoms with E-state index >= 15 is 0 Å². The Balaban J connectivity index is 1.87. The van der Waals surface area contributed by atoms with Crippen LogP contribution in [0.25, 0.3) is 0 Å². The quantitative estimate of drug-likeness (QED) is 0.785. The topological polar surface area (TPSA) is 67.4 Å². The highest BCUT2D eigenvalue weighted by atomic mass is 16.5. The lowest BCUT2D eigenvalue weighted by Crippen LogP contribution is -2.66. The molecule has 0 aromatic carbocycles. The summed E-state index contributed by atoms with van der Waals surface area (Å²) in [6, 6.07) is 0.209. The minimum Gasteiger partial charge on any atom is -0.378 e. The highest BCUT2D eigenvalue weighted by Crippen LogP contribution is 2.53. The van der Waals surface area contributed by atoms with Gasteiger partial charge in [-0.1, -0.05) is 26.2 Å². The Morgan fingerprint density at radius 2 is 1.86 bits per heavy atom. The Labute approximate surface area is 127 Å². The Morgan fingerprint density at radius 3 is 2.48 bits per heavy atom. The van der Waals surface area contributed by atoms with Crippen molar-refractivity contribution < 1.29 is 14.3 Å². The number of rotatable bonds is 6. The van der Waals surface area contributed by atoms with Crippen molar-refractivity contribution in [1.29, 1.82) is 0 Å². The third kappa shape index (κ3) is 3.57. The van der Waals surface area contributed by atoms with Gasteiger partial charge in [0.1, 0.15) is 0 Å². The SMILES string of the molecule is CCO[C@@H]1C[C@@H](NC(=O)CNC(=O)CC)C12CCCCC2. The Bertz CT molecular complexity index is 378. The Kier molecular flexibility index (Phi) is 5.62. The van der Waals surface area contributed by atoms with E-state index < -0.39 is 0 Å². The summed E-state index contributed by atoms with van der Waals surface area (Å²) in [5, 5.41) is 5.74. The van der Waals surface area contributed by atoms with Crippen LogP contribution < -0.4 is 10.6 Å². The maximum atomic E-state index is 12.0. The monoisotopic (exact) mass is 296 g/mol. The fourth-order valence-electron chi connectivity index (χ4n) is 3.81. The van der Waals surface area contributed by atoms with Crippen molar-refractivity contribution in [2.45, 2.75) is 70.9 Å². The molecule has 2 aliphatic carbocycles. The van der Waals surface area contributed by atoms with Crippen LogP contribution in [0, 0.1) is 5.41 Å².